The molecule has 5 atom stereocenters. The van der Waals surface area contributed by atoms with Gasteiger partial charge in [0.25, 0.3) is 0 Å². The molecule has 7 heteroatoms. The molecule has 0 saturated carbocycles. The summed E-state index contributed by atoms with van der Waals surface area (Å²) in [5.41, 5.74) is 6.80. The van der Waals surface area contributed by atoms with Crippen LogP contribution in [0.3, 0.4) is 0 Å². The van der Waals surface area contributed by atoms with Crippen molar-refractivity contribution in [2.24, 2.45) is 0 Å². The predicted octanol–water partition coefficient (Wildman–Crippen LogP) is 9.95. The lowest BCUT2D eigenvalue weighted by atomic mass is 9.88. The van der Waals surface area contributed by atoms with E-state index in [4.69, 9.17) is 28.4 Å². The largest absolute Gasteiger partial charge is 0.457 e. The van der Waals surface area contributed by atoms with Crippen LogP contribution in [-0.4, -0.2) is 36.1 Å². The third-order valence-corrected chi connectivity index (χ3v) is 10.0. The quantitative estimate of drug-likeness (QED) is 0.0938. The van der Waals surface area contributed by atoms with Gasteiger partial charge in [-0.3, -0.25) is 0 Å². The summed E-state index contributed by atoms with van der Waals surface area (Å²) in [6.07, 6.45) is -2.16. The second-order valence-electron chi connectivity index (χ2n) is 14.0. The van der Waals surface area contributed by atoms with Crippen molar-refractivity contribution in [2.45, 2.75) is 76.9 Å². The number of hydrogen-bond donors (Lipinski definition) is 1. The van der Waals surface area contributed by atoms with Gasteiger partial charge in [0.1, 0.15) is 42.0 Å². The van der Waals surface area contributed by atoms with Crippen molar-refractivity contribution >= 4 is 0 Å². The van der Waals surface area contributed by atoms with E-state index in [1.807, 2.05) is 140 Å². The van der Waals surface area contributed by atoms with Crippen LogP contribution < -0.4 is 4.74 Å². The van der Waals surface area contributed by atoms with E-state index in [9.17, 15) is 5.11 Å². The van der Waals surface area contributed by atoms with E-state index in [1.54, 1.807) is 0 Å². The lowest BCUT2D eigenvalue weighted by Crippen LogP contribution is -2.58. The first-order chi connectivity index (χ1) is 27.7. The van der Waals surface area contributed by atoms with Crippen LogP contribution in [0, 0.1) is 0 Å². The zero-order valence-electron chi connectivity index (χ0n) is 31.8. The van der Waals surface area contributed by atoms with Crippen molar-refractivity contribution in [3.63, 3.8) is 0 Å². The molecule has 0 amide bonds. The SMILES string of the molecule is CCc1ccc(Oc2ccc(CO)c([C@@H]3O[C@H](COCc4ccccc4)[C@@H](OCc4ccccc4)[C@H](OCc4ccccc4)[C@H]3OCc3ccccc3)c2)cc1. The van der Waals surface area contributed by atoms with E-state index in [0.29, 0.717) is 37.7 Å². The Morgan fingerprint density at radius 2 is 0.982 bits per heavy atom. The summed E-state index contributed by atoms with van der Waals surface area (Å²) in [4.78, 5) is 0. The first-order valence-electron chi connectivity index (χ1n) is 19.4. The highest BCUT2D eigenvalue weighted by atomic mass is 16.6. The van der Waals surface area contributed by atoms with Gasteiger partial charge in [-0.25, -0.2) is 0 Å². The summed E-state index contributed by atoms with van der Waals surface area (Å²) in [5.74, 6) is 1.34. The van der Waals surface area contributed by atoms with Crippen LogP contribution in [0.5, 0.6) is 11.5 Å². The number of aryl methyl sites for hydroxylation is 1. The van der Waals surface area contributed by atoms with Gasteiger partial charge in [0.2, 0.25) is 0 Å². The normalized spacial score (nSPS) is 19.4. The van der Waals surface area contributed by atoms with E-state index in [2.05, 4.69) is 31.2 Å². The molecule has 288 valence electrons. The van der Waals surface area contributed by atoms with Gasteiger partial charge in [-0.05, 0) is 69.6 Å². The van der Waals surface area contributed by atoms with Crippen LogP contribution in [0.25, 0.3) is 0 Å². The Balaban J connectivity index is 1.28. The summed E-state index contributed by atoms with van der Waals surface area (Å²) in [5, 5.41) is 10.8. The topological polar surface area (TPSA) is 75.6 Å². The summed E-state index contributed by atoms with van der Waals surface area (Å²) >= 11 is 0. The summed E-state index contributed by atoms with van der Waals surface area (Å²) in [6, 6.07) is 54.2. The van der Waals surface area contributed by atoms with Crippen molar-refractivity contribution in [3.05, 3.63) is 203 Å². The maximum absolute atomic E-state index is 10.8. The van der Waals surface area contributed by atoms with Crippen LogP contribution >= 0.6 is 0 Å². The molecule has 6 aromatic carbocycles. The molecule has 1 aliphatic rings. The minimum atomic E-state index is -0.686. The average Bonchev–Trinajstić information content (AvgIpc) is 3.26. The van der Waals surface area contributed by atoms with Crippen LogP contribution in [0.15, 0.2) is 164 Å². The van der Waals surface area contributed by atoms with Crippen molar-refractivity contribution in [1.29, 1.82) is 0 Å². The third kappa shape index (κ3) is 10.6. The summed E-state index contributed by atoms with van der Waals surface area (Å²) < 4.78 is 40.7. The molecular weight excluding hydrogens is 701 g/mol. The molecule has 0 aromatic heterocycles. The van der Waals surface area contributed by atoms with Gasteiger partial charge in [0.15, 0.2) is 0 Å². The van der Waals surface area contributed by atoms with Crippen molar-refractivity contribution in [1.82, 2.24) is 0 Å². The van der Waals surface area contributed by atoms with E-state index >= 15 is 0 Å². The number of aliphatic hydroxyl groups is 1. The van der Waals surface area contributed by atoms with Gasteiger partial charge in [0.05, 0.1) is 39.6 Å². The molecule has 7 rings (SSSR count). The minimum Gasteiger partial charge on any atom is -0.457 e. The predicted molar refractivity (Wildman–Crippen MR) is 217 cm³/mol. The van der Waals surface area contributed by atoms with Gasteiger partial charge in [0, 0.05) is 0 Å². The number of rotatable bonds is 18. The Morgan fingerprint density at radius 3 is 1.50 bits per heavy atom. The molecule has 0 spiro atoms. The number of hydrogen-bond acceptors (Lipinski definition) is 7. The summed E-state index contributed by atoms with van der Waals surface area (Å²) in [7, 11) is 0. The number of aliphatic hydroxyl groups excluding tert-OH is 1. The van der Waals surface area contributed by atoms with Crippen molar-refractivity contribution in [3.8, 4) is 11.5 Å². The first kappa shape index (κ1) is 39.1. The average molecular weight is 751 g/mol. The van der Waals surface area contributed by atoms with Crippen LogP contribution in [0.4, 0.5) is 0 Å². The van der Waals surface area contributed by atoms with Crippen molar-refractivity contribution < 1.29 is 33.5 Å². The molecule has 56 heavy (non-hydrogen) atoms. The second kappa shape index (κ2) is 20.2. The molecule has 0 unspecified atom stereocenters. The summed E-state index contributed by atoms with van der Waals surface area (Å²) in [6.45, 7) is 3.54. The fourth-order valence-electron chi connectivity index (χ4n) is 7.01. The molecule has 1 fully saturated rings. The van der Waals surface area contributed by atoms with Crippen molar-refractivity contribution in [2.75, 3.05) is 6.61 Å². The highest BCUT2D eigenvalue weighted by Crippen LogP contribution is 2.41. The fraction of sp³-hybridized carbons (Fsp3) is 0.265. The highest BCUT2D eigenvalue weighted by molar-refractivity contribution is 5.41. The molecular formula is C49H50O7. The molecule has 0 aliphatic carbocycles. The second-order valence-corrected chi connectivity index (χ2v) is 14.0. The third-order valence-electron chi connectivity index (χ3n) is 10.0. The number of benzene rings is 6. The zero-order valence-corrected chi connectivity index (χ0v) is 31.8. The molecule has 1 heterocycles. The molecule has 6 aromatic rings. The molecule has 7 nitrogen and oxygen atoms in total. The standard InChI is InChI=1S/C49H50O7/c1-2-36-23-26-42(27-24-36)55-43-28-25-41(30-50)44(29-43)46-48(53-33-39-19-11-5-12-20-39)49(54-34-40-21-13-6-14-22-40)47(52-32-38-17-9-4-10-18-38)45(56-46)35-51-31-37-15-7-3-8-16-37/h3-29,45-50H,2,30-35H2,1H3/t45-,46+,47-,48+,49+/m1/s1. The Kier molecular flexibility index (Phi) is 14.1. The van der Waals surface area contributed by atoms with E-state index in [1.165, 1.54) is 5.56 Å². The van der Waals surface area contributed by atoms with Gasteiger partial charge < -0.3 is 33.5 Å². The van der Waals surface area contributed by atoms with Crippen LogP contribution in [0.1, 0.15) is 52.0 Å². The first-order valence-corrected chi connectivity index (χ1v) is 19.4. The smallest absolute Gasteiger partial charge is 0.127 e. The Labute approximate surface area is 330 Å². The molecule has 0 bridgehead atoms. The van der Waals surface area contributed by atoms with Gasteiger partial charge in [-0.1, -0.05) is 146 Å². The van der Waals surface area contributed by atoms with E-state index in [0.717, 1.165) is 40.0 Å². The lowest BCUT2D eigenvalue weighted by molar-refractivity contribution is -0.275. The molecule has 1 aliphatic heterocycles. The molecule has 1 N–H and O–H groups in total. The zero-order chi connectivity index (χ0) is 38.4. The Bertz CT molecular complexity index is 2020. The maximum atomic E-state index is 10.8. The number of ether oxygens (including phenoxy) is 6. The van der Waals surface area contributed by atoms with Gasteiger partial charge in [-0.15, -0.1) is 0 Å². The van der Waals surface area contributed by atoms with Gasteiger partial charge >= 0.3 is 0 Å². The van der Waals surface area contributed by atoms with E-state index < -0.39 is 30.5 Å². The molecule has 1 saturated heterocycles. The monoisotopic (exact) mass is 750 g/mol. The van der Waals surface area contributed by atoms with Crippen LogP contribution in [0.2, 0.25) is 0 Å². The maximum Gasteiger partial charge on any atom is 0.127 e. The van der Waals surface area contributed by atoms with E-state index in [-0.39, 0.29) is 13.2 Å². The van der Waals surface area contributed by atoms with Crippen LogP contribution in [-0.2, 0) is 63.1 Å². The fourth-order valence-corrected chi connectivity index (χ4v) is 7.01. The van der Waals surface area contributed by atoms with Gasteiger partial charge in [-0.2, -0.15) is 0 Å². The Morgan fingerprint density at radius 1 is 0.500 bits per heavy atom. The Hall–Kier alpha value is -5.12. The lowest BCUT2D eigenvalue weighted by Gasteiger charge is -2.47. The molecule has 0 radical (unpaired) electrons. The minimum absolute atomic E-state index is 0.204. The highest BCUT2D eigenvalue weighted by Gasteiger charge is 2.49.